The molecular formula is C15H24O. The summed E-state index contributed by atoms with van der Waals surface area (Å²) in [7, 11) is 0. The molecule has 1 rings (SSSR count). The van der Waals surface area contributed by atoms with E-state index < -0.39 is 0 Å². The van der Waals surface area contributed by atoms with E-state index in [1.54, 1.807) is 0 Å². The molecule has 90 valence electrons. The fourth-order valence-corrected chi connectivity index (χ4v) is 2.22. The van der Waals surface area contributed by atoms with E-state index in [1.807, 2.05) is 0 Å². The van der Waals surface area contributed by atoms with Crippen LogP contribution in [0.1, 0.15) is 45.1 Å². The molecule has 16 heavy (non-hydrogen) atoms. The van der Waals surface area contributed by atoms with Crippen molar-refractivity contribution in [2.75, 3.05) is 6.61 Å². The van der Waals surface area contributed by atoms with Crippen molar-refractivity contribution in [3.63, 3.8) is 0 Å². The second kappa shape index (κ2) is 6.70. The summed E-state index contributed by atoms with van der Waals surface area (Å²) in [5.74, 6) is 0. The number of aryl methyl sites for hydroxylation is 1. The monoisotopic (exact) mass is 220 g/mol. The van der Waals surface area contributed by atoms with Gasteiger partial charge in [0.2, 0.25) is 0 Å². The summed E-state index contributed by atoms with van der Waals surface area (Å²) in [6.45, 7) is 4.69. The van der Waals surface area contributed by atoms with Gasteiger partial charge >= 0.3 is 0 Å². The van der Waals surface area contributed by atoms with Crippen LogP contribution in [-0.2, 0) is 6.42 Å². The van der Waals surface area contributed by atoms with Crippen molar-refractivity contribution in [1.82, 2.24) is 0 Å². The summed E-state index contributed by atoms with van der Waals surface area (Å²) >= 11 is 0. The smallest absolute Gasteiger partial charge is 0.0487 e. The predicted octanol–water partition coefficient (Wildman–Crippen LogP) is 3.81. The molecule has 1 aromatic rings. The number of aliphatic hydroxyl groups excluding tert-OH is 1. The topological polar surface area (TPSA) is 20.2 Å². The zero-order valence-corrected chi connectivity index (χ0v) is 10.6. The lowest BCUT2D eigenvalue weighted by Crippen LogP contribution is -2.23. The van der Waals surface area contributed by atoms with Crippen molar-refractivity contribution < 1.29 is 5.11 Å². The van der Waals surface area contributed by atoms with Gasteiger partial charge in [0.1, 0.15) is 0 Å². The number of hydrogen-bond donors (Lipinski definition) is 1. The van der Waals surface area contributed by atoms with Crippen LogP contribution in [0.5, 0.6) is 0 Å². The van der Waals surface area contributed by atoms with E-state index in [2.05, 4.69) is 44.2 Å². The Hall–Kier alpha value is -0.820. The highest BCUT2D eigenvalue weighted by atomic mass is 16.3. The van der Waals surface area contributed by atoms with Gasteiger partial charge in [-0.05, 0) is 43.1 Å². The zero-order chi connectivity index (χ0) is 11.9. The third-order valence-electron chi connectivity index (χ3n) is 3.85. The molecule has 0 bridgehead atoms. The van der Waals surface area contributed by atoms with Gasteiger partial charge in [0, 0.05) is 6.61 Å². The lowest BCUT2D eigenvalue weighted by Gasteiger charge is -2.29. The Bertz CT molecular complexity index is 266. The SMILES string of the molecule is CCC(CC)(CO)CCCc1ccccc1. The Morgan fingerprint density at radius 1 is 1.06 bits per heavy atom. The van der Waals surface area contributed by atoms with Crippen molar-refractivity contribution >= 4 is 0 Å². The molecule has 0 aliphatic carbocycles. The van der Waals surface area contributed by atoms with Crippen LogP contribution in [0.25, 0.3) is 0 Å². The third-order valence-corrected chi connectivity index (χ3v) is 3.85. The number of benzene rings is 1. The van der Waals surface area contributed by atoms with E-state index in [0.717, 1.165) is 25.7 Å². The summed E-state index contributed by atoms with van der Waals surface area (Å²) in [4.78, 5) is 0. The fourth-order valence-electron chi connectivity index (χ4n) is 2.22. The lowest BCUT2D eigenvalue weighted by atomic mass is 9.78. The molecule has 0 aliphatic heterocycles. The van der Waals surface area contributed by atoms with Crippen molar-refractivity contribution in [3.05, 3.63) is 35.9 Å². The molecule has 0 heterocycles. The highest BCUT2D eigenvalue weighted by molar-refractivity contribution is 5.14. The molecule has 0 fully saturated rings. The van der Waals surface area contributed by atoms with Gasteiger partial charge in [-0.1, -0.05) is 44.2 Å². The van der Waals surface area contributed by atoms with Crippen molar-refractivity contribution in [2.45, 2.75) is 46.0 Å². The second-order valence-corrected chi connectivity index (χ2v) is 4.70. The van der Waals surface area contributed by atoms with Crippen molar-refractivity contribution in [3.8, 4) is 0 Å². The molecule has 1 N–H and O–H groups in total. The number of aliphatic hydroxyl groups is 1. The maximum atomic E-state index is 9.47. The van der Waals surface area contributed by atoms with Gasteiger partial charge in [0.25, 0.3) is 0 Å². The van der Waals surface area contributed by atoms with Crippen LogP contribution in [0.4, 0.5) is 0 Å². The van der Waals surface area contributed by atoms with Gasteiger partial charge in [-0.25, -0.2) is 0 Å². The van der Waals surface area contributed by atoms with Crippen LogP contribution in [-0.4, -0.2) is 11.7 Å². The first kappa shape index (κ1) is 13.2. The van der Waals surface area contributed by atoms with Crippen LogP contribution in [0.2, 0.25) is 0 Å². The van der Waals surface area contributed by atoms with Crippen LogP contribution in [0.3, 0.4) is 0 Å². The van der Waals surface area contributed by atoms with Gasteiger partial charge in [-0.3, -0.25) is 0 Å². The summed E-state index contributed by atoms with van der Waals surface area (Å²) in [5.41, 5.74) is 1.57. The summed E-state index contributed by atoms with van der Waals surface area (Å²) in [5, 5.41) is 9.47. The molecule has 0 radical (unpaired) electrons. The molecular weight excluding hydrogens is 196 g/mol. The van der Waals surface area contributed by atoms with Crippen molar-refractivity contribution in [1.29, 1.82) is 0 Å². The van der Waals surface area contributed by atoms with E-state index in [-0.39, 0.29) is 5.41 Å². The average Bonchev–Trinajstić information content (AvgIpc) is 2.37. The highest BCUT2D eigenvalue weighted by Crippen LogP contribution is 2.31. The lowest BCUT2D eigenvalue weighted by molar-refractivity contribution is 0.103. The van der Waals surface area contributed by atoms with E-state index >= 15 is 0 Å². The summed E-state index contributed by atoms with van der Waals surface area (Å²) in [6, 6.07) is 10.6. The molecule has 1 nitrogen and oxygen atoms in total. The molecule has 1 heteroatoms. The average molecular weight is 220 g/mol. The Morgan fingerprint density at radius 3 is 2.19 bits per heavy atom. The largest absolute Gasteiger partial charge is 0.396 e. The molecule has 0 atom stereocenters. The van der Waals surface area contributed by atoms with Crippen LogP contribution in [0.15, 0.2) is 30.3 Å². The maximum Gasteiger partial charge on any atom is 0.0487 e. The highest BCUT2D eigenvalue weighted by Gasteiger charge is 2.24. The molecule has 1 aromatic carbocycles. The van der Waals surface area contributed by atoms with Gasteiger partial charge < -0.3 is 5.11 Å². The quantitative estimate of drug-likeness (QED) is 0.741. The normalized spacial score (nSPS) is 11.7. The molecule has 0 aliphatic rings. The molecule has 0 amide bonds. The standard InChI is InChI=1S/C15H24O/c1-3-15(4-2,13-16)12-8-11-14-9-6-5-7-10-14/h5-7,9-10,16H,3-4,8,11-13H2,1-2H3. The minimum Gasteiger partial charge on any atom is -0.396 e. The number of rotatable bonds is 7. The molecule has 0 unspecified atom stereocenters. The first-order valence-electron chi connectivity index (χ1n) is 6.41. The van der Waals surface area contributed by atoms with Gasteiger partial charge in [0.05, 0.1) is 0 Å². The van der Waals surface area contributed by atoms with Gasteiger partial charge in [0.15, 0.2) is 0 Å². The minimum absolute atomic E-state index is 0.161. The maximum absolute atomic E-state index is 9.47. The van der Waals surface area contributed by atoms with E-state index in [4.69, 9.17) is 0 Å². The first-order valence-corrected chi connectivity index (χ1v) is 6.41. The second-order valence-electron chi connectivity index (χ2n) is 4.70. The number of hydrogen-bond acceptors (Lipinski definition) is 1. The Labute approximate surface area is 99.5 Å². The van der Waals surface area contributed by atoms with Crippen LogP contribution in [0, 0.1) is 5.41 Å². The molecule has 0 aromatic heterocycles. The summed E-state index contributed by atoms with van der Waals surface area (Å²) < 4.78 is 0. The molecule has 0 saturated heterocycles. The third kappa shape index (κ3) is 3.64. The summed E-state index contributed by atoms with van der Waals surface area (Å²) in [6.07, 6.45) is 5.59. The molecule has 0 saturated carbocycles. The van der Waals surface area contributed by atoms with Crippen LogP contribution < -0.4 is 0 Å². The first-order chi connectivity index (χ1) is 7.76. The Balaban J connectivity index is 2.39. The van der Waals surface area contributed by atoms with Gasteiger partial charge in [-0.15, -0.1) is 0 Å². The predicted molar refractivity (Wildman–Crippen MR) is 69.5 cm³/mol. The van der Waals surface area contributed by atoms with E-state index in [0.29, 0.717) is 6.61 Å². The van der Waals surface area contributed by atoms with Crippen LogP contribution >= 0.6 is 0 Å². The fraction of sp³-hybridized carbons (Fsp3) is 0.600. The van der Waals surface area contributed by atoms with E-state index in [1.165, 1.54) is 12.0 Å². The molecule has 0 spiro atoms. The zero-order valence-electron chi connectivity index (χ0n) is 10.6. The Kier molecular flexibility index (Phi) is 5.54. The van der Waals surface area contributed by atoms with Crippen molar-refractivity contribution in [2.24, 2.45) is 5.41 Å². The van der Waals surface area contributed by atoms with Gasteiger partial charge in [-0.2, -0.15) is 0 Å². The Morgan fingerprint density at radius 2 is 1.69 bits per heavy atom. The minimum atomic E-state index is 0.161. The van der Waals surface area contributed by atoms with E-state index in [9.17, 15) is 5.11 Å².